The van der Waals surface area contributed by atoms with Crippen molar-refractivity contribution in [2.24, 2.45) is 4.99 Å². The van der Waals surface area contributed by atoms with Gasteiger partial charge in [-0.3, -0.25) is 9.78 Å². The Hall–Kier alpha value is -3.74. The predicted molar refractivity (Wildman–Crippen MR) is 117 cm³/mol. The largest absolute Gasteiger partial charge is 0.465 e. The average molecular weight is 402 g/mol. The summed E-state index contributed by atoms with van der Waals surface area (Å²) in [5.74, 6) is -0.402. The molecule has 0 unspecified atom stereocenters. The van der Waals surface area contributed by atoms with Crippen molar-refractivity contribution in [3.63, 3.8) is 0 Å². The molecule has 0 bridgehead atoms. The Kier molecular flexibility index (Phi) is 5.43. The summed E-state index contributed by atoms with van der Waals surface area (Å²) >= 11 is 0. The third-order valence-corrected chi connectivity index (χ3v) is 4.93. The van der Waals surface area contributed by atoms with Gasteiger partial charge in [0, 0.05) is 11.6 Å². The number of aromatic nitrogens is 1. The van der Waals surface area contributed by atoms with Gasteiger partial charge in [-0.05, 0) is 35.6 Å². The molecule has 0 atom stereocenters. The Labute approximate surface area is 174 Å². The van der Waals surface area contributed by atoms with Crippen molar-refractivity contribution in [1.29, 1.82) is 0 Å². The van der Waals surface area contributed by atoms with E-state index in [1.807, 2.05) is 30.3 Å². The highest BCUT2D eigenvalue weighted by atomic mass is 16.5. The number of ether oxygens (including phenoxy) is 1. The number of rotatable bonds is 4. The van der Waals surface area contributed by atoms with Crippen molar-refractivity contribution in [3.8, 4) is 0 Å². The molecule has 0 saturated carbocycles. The Bertz CT molecular complexity index is 1170. The summed E-state index contributed by atoms with van der Waals surface area (Å²) in [6, 6.07) is 13.2. The summed E-state index contributed by atoms with van der Waals surface area (Å²) < 4.78 is 4.93. The van der Waals surface area contributed by atoms with Crippen LogP contribution in [0.2, 0.25) is 0 Å². The number of hydrogen-bond donors (Lipinski definition) is 2. The second-order valence-corrected chi connectivity index (χ2v) is 7.06. The van der Waals surface area contributed by atoms with Gasteiger partial charge < -0.3 is 15.4 Å². The SMILES string of the molecule is CCCc1cc2c(c(C(=O)OC)c1)N=C(NC(=O)c1cc3ccccc3cn1)CN2. The minimum Gasteiger partial charge on any atom is -0.465 e. The standard InChI is InChI=1S/C23H22N4O3/c1-3-6-14-9-17(23(29)30-2)21-18(10-14)25-13-20(26-21)27-22(28)19-11-15-7-4-5-8-16(15)12-24-19/h4-5,7-12,25H,3,6,13H2,1-2H3,(H,26,27,28). The van der Waals surface area contributed by atoms with Gasteiger partial charge in [0.2, 0.25) is 0 Å². The number of amides is 1. The molecular weight excluding hydrogens is 380 g/mol. The van der Waals surface area contributed by atoms with Crippen LogP contribution in [0.15, 0.2) is 53.7 Å². The Balaban J connectivity index is 1.63. The minimum absolute atomic E-state index is 0.300. The first-order chi connectivity index (χ1) is 14.6. The van der Waals surface area contributed by atoms with Crippen molar-refractivity contribution in [2.75, 3.05) is 19.0 Å². The monoisotopic (exact) mass is 402 g/mol. The number of aryl methyl sites for hydroxylation is 1. The maximum absolute atomic E-state index is 12.7. The lowest BCUT2D eigenvalue weighted by Crippen LogP contribution is -2.37. The molecule has 30 heavy (non-hydrogen) atoms. The Morgan fingerprint density at radius 3 is 2.73 bits per heavy atom. The molecule has 0 spiro atoms. The van der Waals surface area contributed by atoms with Crippen molar-refractivity contribution in [1.82, 2.24) is 10.3 Å². The topological polar surface area (TPSA) is 92.7 Å². The maximum Gasteiger partial charge on any atom is 0.340 e. The highest BCUT2D eigenvalue weighted by Crippen LogP contribution is 2.34. The van der Waals surface area contributed by atoms with E-state index in [2.05, 4.69) is 27.5 Å². The molecule has 152 valence electrons. The fourth-order valence-electron chi connectivity index (χ4n) is 3.48. The number of methoxy groups -OCH3 is 1. The molecule has 1 aliphatic heterocycles. The molecule has 4 rings (SSSR count). The van der Waals surface area contributed by atoms with E-state index in [1.165, 1.54) is 7.11 Å². The number of anilines is 1. The predicted octanol–water partition coefficient (Wildman–Crippen LogP) is 3.86. The lowest BCUT2D eigenvalue weighted by Gasteiger charge is -2.21. The van der Waals surface area contributed by atoms with Crippen LogP contribution in [0.4, 0.5) is 11.4 Å². The van der Waals surface area contributed by atoms with Gasteiger partial charge in [-0.25, -0.2) is 9.79 Å². The number of nitrogens with one attached hydrogen (secondary N) is 2. The van der Waals surface area contributed by atoms with Gasteiger partial charge in [-0.1, -0.05) is 37.6 Å². The van der Waals surface area contributed by atoms with Gasteiger partial charge in [-0.2, -0.15) is 0 Å². The Morgan fingerprint density at radius 1 is 1.17 bits per heavy atom. The molecule has 0 radical (unpaired) electrons. The number of carbonyl (C=O) groups is 2. The number of fused-ring (bicyclic) bond motifs is 2. The van der Waals surface area contributed by atoms with E-state index in [-0.39, 0.29) is 5.91 Å². The van der Waals surface area contributed by atoms with E-state index in [0.717, 1.165) is 34.9 Å². The van der Waals surface area contributed by atoms with Gasteiger partial charge in [0.1, 0.15) is 17.2 Å². The van der Waals surface area contributed by atoms with E-state index in [0.29, 0.717) is 29.3 Å². The lowest BCUT2D eigenvalue weighted by atomic mass is 10.0. The molecule has 2 heterocycles. The summed E-state index contributed by atoms with van der Waals surface area (Å²) in [6.45, 7) is 2.42. The van der Waals surface area contributed by atoms with Crippen LogP contribution in [0.25, 0.3) is 10.8 Å². The van der Waals surface area contributed by atoms with Crippen molar-refractivity contribution in [2.45, 2.75) is 19.8 Å². The van der Waals surface area contributed by atoms with E-state index < -0.39 is 5.97 Å². The number of amidine groups is 1. The Morgan fingerprint density at radius 2 is 1.97 bits per heavy atom. The first kappa shape index (κ1) is 19.6. The van der Waals surface area contributed by atoms with Gasteiger partial charge in [0.05, 0.1) is 24.9 Å². The van der Waals surface area contributed by atoms with Gasteiger partial charge in [-0.15, -0.1) is 0 Å². The molecule has 2 aromatic carbocycles. The molecular formula is C23H22N4O3. The molecule has 2 N–H and O–H groups in total. The van der Waals surface area contributed by atoms with Gasteiger partial charge in [0.25, 0.3) is 5.91 Å². The zero-order valence-electron chi connectivity index (χ0n) is 16.9. The zero-order chi connectivity index (χ0) is 21.1. The molecule has 1 aromatic heterocycles. The van der Waals surface area contributed by atoms with E-state index in [1.54, 1.807) is 18.3 Å². The second kappa shape index (κ2) is 8.32. The number of hydrogen-bond acceptors (Lipinski definition) is 6. The van der Waals surface area contributed by atoms with Crippen LogP contribution in [0.3, 0.4) is 0 Å². The van der Waals surface area contributed by atoms with Crippen LogP contribution in [0.5, 0.6) is 0 Å². The van der Waals surface area contributed by atoms with Crippen molar-refractivity contribution >= 4 is 39.9 Å². The molecule has 0 fully saturated rings. The van der Waals surface area contributed by atoms with Crippen LogP contribution in [-0.4, -0.2) is 36.4 Å². The quantitative estimate of drug-likeness (QED) is 0.647. The smallest absolute Gasteiger partial charge is 0.340 e. The number of benzene rings is 2. The van der Waals surface area contributed by atoms with Crippen LogP contribution < -0.4 is 10.6 Å². The summed E-state index contributed by atoms with van der Waals surface area (Å²) in [4.78, 5) is 33.8. The minimum atomic E-state index is -0.460. The van der Waals surface area contributed by atoms with Crippen LogP contribution >= 0.6 is 0 Å². The van der Waals surface area contributed by atoms with E-state index in [9.17, 15) is 9.59 Å². The normalized spacial score (nSPS) is 12.5. The lowest BCUT2D eigenvalue weighted by molar-refractivity contribution is 0.0601. The summed E-state index contributed by atoms with van der Waals surface area (Å²) in [7, 11) is 1.34. The first-order valence-corrected chi connectivity index (χ1v) is 9.82. The van der Waals surface area contributed by atoms with Crippen LogP contribution in [-0.2, 0) is 11.2 Å². The molecule has 0 aliphatic carbocycles. The number of esters is 1. The average Bonchev–Trinajstić information content (AvgIpc) is 2.78. The van der Waals surface area contributed by atoms with E-state index >= 15 is 0 Å². The fourth-order valence-corrected chi connectivity index (χ4v) is 3.48. The molecule has 1 amide bonds. The molecule has 3 aromatic rings. The number of aliphatic imine (C=N–C) groups is 1. The van der Waals surface area contributed by atoms with Crippen molar-refractivity contribution in [3.05, 3.63) is 65.5 Å². The zero-order valence-corrected chi connectivity index (χ0v) is 16.9. The fraction of sp³-hybridized carbons (Fsp3) is 0.217. The molecule has 0 saturated heterocycles. The number of pyridine rings is 1. The number of nitrogens with zero attached hydrogens (tertiary/aromatic N) is 2. The summed E-state index contributed by atoms with van der Waals surface area (Å²) in [6.07, 6.45) is 3.48. The highest BCUT2D eigenvalue weighted by Gasteiger charge is 2.22. The first-order valence-electron chi connectivity index (χ1n) is 9.82. The van der Waals surface area contributed by atoms with Gasteiger partial charge >= 0.3 is 5.97 Å². The summed E-state index contributed by atoms with van der Waals surface area (Å²) in [5, 5.41) is 7.94. The van der Waals surface area contributed by atoms with Crippen LogP contribution in [0, 0.1) is 0 Å². The number of carbonyl (C=O) groups excluding carboxylic acids is 2. The summed E-state index contributed by atoms with van der Waals surface area (Å²) in [5.41, 5.74) is 2.93. The third kappa shape index (κ3) is 3.87. The third-order valence-electron chi connectivity index (χ3n) is 4.93. The molecule has 7 nitrogen and oxygen atoms in total. The molecule has 7 heteroatoms. The second-order valence-electron chi connectivity index (χ2n) is 7.06. The maximum atomic E-state index is 12.7. The van der Waals surface area contributed by atoms with Crippen LogP contribution in [0.1, 0.15) is 39.8 Å². The molecule has 1 aliphatic rings. The highest BCUT2D eigenvalue weighted by molar-refractivity contribution is 6.11. The van der Waals surface area contributed by atoms with Crippen molar-refractivity contribution < 1.29 is 14.3 Å². The van der Waals surface area contributed by atoms with E-state index in [4.69, 9.17) is 4.74 Å². The van der Waals surface area contributed by atoms with Gasteiger partial charge in [0.15, 0.2) is 0 Å².